The number of esters is 1. The van der Waals surface area contributed by atoms with Crippen LogP contribution in [0.5, 0.6) is 5.75 Å². The van der Waals surface area contributed by atoms with Crippen molar-refractivity contribution in [3.8, 4) is 16.3 Å². The fraction of sp³-hybridized carbons (Fsp3) is 0.500. The number of hydrogen-bond acceptors (Lipinski definition) is 6. The maximum Gasteiger partial charge on any atom is 0.387 e. The molecule has 1 aliphatic rings. The van der Waals surface area contributed by atoms with Crippen LogP contribution in [0.3, 0.4) is 0 Å². The number of nitrogens with zero attached hydrogens (tertiary/aromatic N) is 2. The Morgan fingerprint density at radius 3 is 2.73 bits per heavy atom. The summed E-state index contributed by atoms with van der Waals surface area (Å²) in [7, 11) is 1.24. The van der Waals surface area contributed by atoms with Gasteiger partial charge in [-0.15, -0.1) is 11.3 Å². The summed E-state index contributed by atoms with van der Waals surface area (Å²) in [6.45, 7) is -1.34. The van der Waals surface area contributed by atoms with E-state index in [1.807, 2.05) is 0 Å². The summed E-state index contributed by atoms with van der Waals surface area (Å²) in [6, 6.07) is 6.33. The zero-order chi connectivity index (χ0) is 21.9. The molecule has 164 valence electrons. The Hall–Kier alpha value is -2.20. The third-order valence-electron chi connectivity index (χ3n) is 5.04. The zero-order valence-electron chi connectivity index (χ0n) is 16.5. The molecule has 0 amide bonds. The molecule has 0 saturated carbocycles. The average Bonchev–Trinajstić information content (AvgIpc) is 3.14. The van der Waals surface area contributed by atoms with Crippen molar-refractivity contribution < 1.29 is 31.8 Å². The minimum absolute atomic E-state index is 0.0165. The van der Waals surface area contributed by atoms with E-state index in [1.165, 1.54) is 24.5 Å². The molecule has 30 heavy (non-hydrogen) atoms. The van der Waals surface area contributed by atoms with E-state index in [2.05, 4.69) is 9.72 Å². The lowest BCUT2D eigenvalue weighted by atomic mass is 9.85. The van der Waals surface area contributed by atoms with Crippen LogP contribution in [0, 0.1) is 11.8 Å². The van der Waals surface area contributed by atoms with E-state index in [1.54, 1.807) is 29.3 Å². The molecule has 0 N–H and O–H groups in total. The maximum atomic E-state index is 14.0. The Morgan fingerprint density at radius 1 is 1.33 bits per heavy atom. The largest absolute Gasteiger partial charge is 0.469 e. The number of thiazole rings is 1. The summed E-state index contributed by atoms with van der Waals surface area (Å²) >= 11 is 1.26. The second-order valence-corrected chi connectivity index (χ2v) is 8.42. The van der Waals surface area contributed by atoms with Crippen LogP contribution in [0.2, 0.25) is 0 Å². The minimum atomic E-state index is -2.96. The summed E-state index contributed by atoms with van der Waals surface area (Å²) in [6.07, 6.45) is 1.65. The molecule has 10 heteroatoms. The van der Waals surface area contributed by atoms with Crippen LogP contribution >= 0.6 is 11.3 Å². The Kier molecular flexibility index (Phi) is 6.97. The SMILES string of the molecule is COC(=O)C1CC(C(C)(F)F)CN(Cc2cnc(-c3ccccc3OC(F)F)s2)C1. The quantitative estimate of drug-likeness (QED) is 0.457. The van der Waals surface area contributed by atoms with Crippen LogP contribution in [-0.2, 0) is 16.1 Å². The van der Waals surface area contributed by atoms with Gasteiger partial charge in [-0.3, -0.25) is 9.69 Å². The van der Waals surface area contributed by atoms with E-state index >= 15 is 0 Å². The van der Waals surface area contributed by atoms with Crippen molar-refractivity contribution in [2.24, 2.45) is 11.8 Å². The predicted octanol–water partition coefficient (Wildman–Crippen LogP) is 4.68. The Labute approximate surface area is 175 Å². The van der Waals surface area contributed by atoms with Crippen LogP contribution in [0.1, 0.15) is 18.2 Å². The van der Waals surface area contributed by atoms with E-state index in [-0.39, 0.29) is 18.7 Å². The van der Waals surface area contributed by atoms with Crippen molar-refractivity contribution >= 4 is 17.3 Å². The highest BCUT2D eigenvalue weighted by Crippen LogP contribution is 2.37. The lowest BCUT2D eigenvalue weighted by Crippen LogP contribution is -2.47. The number of piperidine rings is 1. The number of carbonyl (C=O) groups is 1. The molecule has 2 atom stereocenters. The number of para-hydroxylation sites is 1. The fourth-order valence-electron chi connectivity index (χ4n) is 3.59. The normalized spacial score (nSPS) is 20.4. The zero-order valence-corrected chi connectivity index (χ0v) is 17.3. The van der Waals surface area contributed by atoms with Crippen molar-refractivity contribution in [1.29, 1.82) is 0 Å². The van der Waals surface area contributed by atoms with E-state index in [0.717, 1.165) is 11.8 Å². The highest BCUT2D eigenvalue weighted by Gasteiger charge is 2.42. The monoisotopic (exact) mass is 446 g/mol. The van der Waals surface area contributed by atoms with E-state index in [9.17, 15) is 22.4 Å². The van der Waals surface area contributed by atoms with Gasteiger partial charge in [-0.25, -0.2) is 13.8 Å². The number of benzene rings is 1. The molecule has 0 aliphatic carbocycles. The summed E-state index contributed by atoms with van der Waals surface area (Å²) < 4.78 is 62.6. The van der Waals surface area contributed by atoms with Gasteiger partial charge in [0.15, 0.2) is 0 Å². The van der Waals surface area contributed by atoms with E-state index < -0.39 is 30.3 Å². The second-order valence-electron chi connectivity index (χ2n) is 7.31. The Bertz CT molecular complexity index is 872. The number of aromatic nitrogens is 1. The molecule has 0 radical (unpaired) electrons. The van der Waals surface area contributed by atoms with Gasteiger partial charge in [0.1, 0.15) is 10.8 Å². The number of rotatable bonds is 7. The first-order valence-corrected chi connectivity index (χ1v) is 10.2. The maximum absolute atomic E-state index is 14.0. The van der Waals surface area contributed by atoms with Gasteiger partial charge in [-0.1, -0.05) is 12.1 Å². The molecule has 0 bridgehead atoms. The summed E-state index contributed by atoms with van der Waals surface area (Å²) in [5.74, 6) is -5.01. The molecule has 1 saturated heterocycles. The molecular weight excluding hydrogens is 424 g/mol. The molecule has 0 spiro atoms. The van der Waals surface area contributed by atoms with Gasteiger partial charge in [0.05, 0.1) is 18.6 Å². The van der Waals surface area contributed by atoms with Gasteiger partial charge in [-0.2, -0.15) is 8.78 Å². The summed E-state index contributed by atoms with van der Waals surface area (Å²) in [5, 5.41) is 0.486. The molecule has 2 unspecified atom stereocenters. The summed E-state index contributed by atoms with van der Waals surface area (Å²) in [4.78, 5) is 18.8. The van der Waals surface area contributed by atoms with Crippen LogP contribution in [0.25, 0.3) is 10.6 Å². The molecule has 2 aromatic rings. The number of ether oxygens (including phenoxy) is 2. The predicted molar refractivity (Wildman–Crippen MR) is 104 cm³/mol. The number of hydrogen-bond donors (Lipinski definition) is 0. The second kappa shape index (κ2) is 9.30. The lowest BCUT2D eigenvalue weighted by molar-refractivity contribution is -0.152. The van der Waals surface area contributed by atoms with Gasteiger partial charge in [0, 0.05) is 36.6 Å². The van der Waals surface area contributed by atoms with Crippen LogP contribution in [0.4, 0.5) is 17.6 Å². The molecular formula is C20H22F4N2O3S. The Morgan fingerprint density at radius 2 is 2.07 bits per heavy atom. The van der Waals surface area contributed by atoms with E-state index in [4.69, 9.17) is 4.74 Å². The van der Waals surface area contributed by atoms with Crippen molar-refractivity contribution in [1.82, 2.24) is 9.88 Å². The van der Waals surface area contributed by atoms with Crippen molar-refractivity contribution in [2.75, 3.05) is 20.2 Å². The third-order valence-corrected chi connectivity index (χ3v) is 6.06. The number of methoxy groups -OCH3 is 1. The topological polar surface area (TPSA) is 51.7 Å². The van der Waals surface area contributed by atoms with Crippen molar-refractivity contribution in [2.45, 2.75) is 32.4 Å². The van der Waals surface area contributed by atoms with Crippen LogP contribution < -0.4 is 4.74 Å². The smallest absolute Gasteiger partial charge is 0.387 e. The van der Waals surface area contributed by atoms with Gasteiger partial charge in [0.25, 0.3) is 0 Å². The highest BCUT2D eigenvalue weighted by molar-refractivity contribution is 7.15. The van der Waals surface area contributed by atoms with Crippen LogP contribution in [-0.4, -0.2) is 48.6 Å². The molecule has 1 aliphatic heterocycles. The van der Waals surface area contributed by atoms with Gasteiger partial charge >= 0.3 is 12.6 Å². The fourth-order valence-corrected chi connectivity index (χ4v) is 4.58. The molecule has 1 fully saturated rings. The summed E-state index contributed by atoms with van der Waals surface area (Å²) in [5.41, 5.74) is 0.429. The van der Waals surface area contributed by atoms with Crippen molar-refractivity contribution in [3.63, 3.8) is 0 Å². The van der Waals surface area contributed by atoms with Gasteiger partial charge in [-0.05, 0) is 25.5 Å². The molecule has 2 heterocycles. The highest BCUT2D eigenvalue weighted by atomic mass is 32.1. The molecule has 1 aromatic carbocycles. The standard InChI is InChI=1S/C20H22F4N2O3S/c1-20(23,24)13-7-12(18(27)28-2)9-26(10-13)11-14-8-25-17(30-14)15-5-3-4-6-16(15)29-19(21)22/h3-6,8,12-13,19H,7,9-11H2,1-2H3. The molecule has 1 aromatic heterocycles. The van der Waals surface area contributed by atoms with Gasteiger partial charge < -0.3 is 9.47 Å². The first kappa shape index (κ1) is 22.5. The number of likely N-dealkylation sites (tertiary alicyclic amines) is 1. The van der Waals surface area contributed by atoms with Crippen LogP contribution in [0.15, 0.2) is 30.5 Å². The lowest BCUT2D eigenvalue weighted by Gasteiger charge is -2.38. The van der Waals surface area contributed by atoms with Gasteiger partial charge in [0.2, 0.25) is 5.92 Å². The van der Waals surface area contributed by atoms with Crippen molar-refractivity contribution in [3.05, 3.63) is 35.3 Å². The van der Waals surface area contributed by atoms with E-state index in [0.29, 0.717) is 23.7 Å². The molecule has 5 nitrogen and oxygen atoms in total. The first-order valence-electron chi connectivity index (χ1n) is 9.34. The number of carbonyl (C=O) groups excluding carboxylic acids is 1. The molecule has 3 rings (SSSR count). The Balaban J connectivity index is 1.77. The third kappa shape index (κ3) is 5.48. The number of halogens is 4. The first-order chi connectivity index (χ1) is 14.2. The average molecular weight is 446 g/mol. The number of alkyl halides is 4. The minimum Gasteiger partial charge on any atom is -0.469 e.